The molecule has 0 spiro atoms. The van der Waals surface area contributed by atoms with E-state index in [2.05, 4.69) is 22.4 Å². The van der Waals surface area contributed by atoms with E-state index in [0.717, 1.165) is 35.1 Å². The lowest BCUT2D eigenvalue weighted by Gasteiger charge is -2.10. The van der Waals surface area contributed by atoms with E-state index in [1.165, 1.54) is 5.56 Å². The van der Waals surface area contributed by atoms with Crippen LogP contribution in [-0.4, -0.2) is 43.6 Å². The highest BCUT2D eigenvalue weighted by Gasteiger charge is 2.21. The van der Waals surface area contributed by atoms with Gasteiger partial charge >= 0.3 is 0 Å². The molecule has 0 fully saturated rings. The predicted molar refractivity (Wildman–Crippen MR) is 129 cm³/mol. The van der Waals surface area contributed by atoms with Gasteiger partial charge in [0, 0.05) is 17.0 Å². The van der Waals surface area contributed by atoms with Crippen molar-refractivity contribution >= 4 is 22.3 Å². The van der Waals surface area contributed by atoms with Crippen LogP contribution in [-0.2, 0) is 6.42 Å². The van der Waals surface area contributed by atoms with Crippen molar-refractivity contribution < 1.29 is 14.6 Å². The number of ether oxygens (including phenoxy) is 2. The molecule has 1 heterocycles. The standard InChI is InChI=1S/C26H27N3O3/c1-27-14-13-17-9-11-19(12-10-17)28-25(18-7-5-4-6-8-18)24-20-15-22(31-2)23(32-3)16-21(20)29-26(24)30/h4-12,15-16,27,29-30H,13-14H2,1-3H3. The molecule has 1 aromatic heterocycles. The Morgan fingerprint density at radius 2 is 1.66 bits per heavy atom. The molecule has 0 aliphatic carbocycles. The molecule has 6 heteroatoms. The summed E-state index contributed by atoms with van der Waals surface area (Å²) in [6.07, 6.45) is 0.955. The van der Waals surface area contributed by atoms with Gasteiger partial charge in [0.15, 0.2) is 17.4 Å². The number of H-pyrrole nitrogens is 1. The Morgan fingerprint density at radius 3 is 2.31 bits per heavy atom. The summed E-state index contributed by atoms with van der Waals surface area (Å²) in [5.74, 6) is 1.22. The van der Waals surface area contributed by atoms with E-state index < -0.39 is 0 Å². The van der Waals surface area contributed by atoms with E-state index in [9.17, 15) is 5.11 Å². The largest absolute Gasteiger partial charge is 0.494 e. The van der Waals surface area contributed by atoms with Crippen LogP contribution in [0.1, 0.15) is 16.7 Å². The van der Waals surface area contributed by atoms with Gasteiger partial charge in [0.2, 0.25) is 0 Å². The molecule has 4 aromatic rings. The molecule has 0 radical (unpaired) electrons. The summed E-state index contributed by atoms with van der Waals surface area (Å²) in [5, 5.41) is 14.9. The maximum absolute atomic E-state index is 10.9. The number of aromatic amines is 1. The van der Waals surface area contributed by atoms with E-state index in [1.807, 2.05) is 61.6 Å². The van der Waals surface area contributed by atoms with E-state index in [4.69, 9.17) is 14.5 Å². The van der Waals surface area contributed by atoms with Crippen LogP contribution >= 0.6 is 0 Å². The Labute approximate surface area is 187 Å². The molecule has 0 amide bonds. The van der Waals surface area contributed by atoms with Crippen molar-refractivity contribution in [3.05, 3.63) is 83.4 Å². The van der Waals surface area contributed by atoms with Crippen molar-refractivity contribution in [2.24, 2.45) is 4.99 Å². The quantitative estimate of drug-likeness (QED) is 0.351. The van der Waals surface area contributed by atoms with E-state index >= 15 is 0 Å². The van der Waals surface area contributed by atoms with Crippen LogP contribution < -0.4 is 14.8 Å². The van der Waals surface area contributed by atoms with Crippen LogP contribution in [0.5, 0.6) is 17.4 Å². The zero-order chi connectivity index (χ0) is 22.5. The van der Waals surface area contributed by atoms with Crippen molar-refractivity contribution in [1.29, 1.82) is 0 Å². The number of benzene rings is 3. The fourth-order valence-electron chi connectivity index (χ4n) is 3.74. The SMILES string of the molecule is CNCCc1ccc(N=C(c2ccccc2)c2c(O)[nH]c3cc(OC)c(OC)cc23)cc1. The zero-order valence-corrected chi connectivity index (χ0v) is 18.5. The van der Waals surface area contributed by atoms with Gasteiger partial charge in [-0.2, -0.15) is 0 Å². The van der Waals surface area contributed by atoms with Crippen LogP contribution in [0.3, 0.4) is 0 Å². The Balaban J connectivity index is 1.87. The number of methoxy groups -OCH3 is 2. The van der Waals surface area contributed by atoms with Crippen LogP contribution in [0, 0.1) is 0 Å². The van der Waals surface area contributed by atoms with Crippen molar-refractivity contribution in [2.75, 3.05) is 27.8 Å². The fourth-order valence-corrected chi connectivity index (χ4v) is 3.74. The lowest BCUT2D eigenvalue weighted by molar-refractivity contribution is 0.356. The van der Waals surface area contributed by atoms with Gasteiger partial charge in [0.1, 0.15) is 0 Å². The molecule has 32 heavy (non-hydrogen) atoms. The molecule has 0 saturated carbocycles. The minimum Gasteiger partial charge on any atom is -0.494 e. The average Bonchev–Trinajstić information content (AvgIpc) is 3.15. The Kier molecular flexibility index (Phi) is 6.42. The number of aliphatic imine (C=N–C) groups is 1. The van der Waals surface area contributed by atoms with Gasteiger partial charge in [-0.25, -0.2) is 4.99 Å². The molecule has 4 rings (SSSR count). The van der Waals surface area contributed by atoms with Crippen LogP contribution in [0.4, 0.5) is 5.69 Å². The third-order valence-electron chi connectivity index (χ3n) is 5.41. The van der Waals surface area contributed by atoms with Gasteiger partial charge in [-0.05, 0) is 43.8 Å². The summed E-state index contributed by atoms with van der Waals surface area (Å²) in [6, 6.07) is 21.7. The van der Waals surface area contributed by atoms with Crippen LogP contribution in [0.25, 0.3) is 10.9 Å². The van der Waals surface area contributed by atoms with Gasteiger partial charge in [-0.1, -0.05) is 42.5 Å². The molecule has 0 aliphatic heterocycles. The molecule has 0 bridgehead atoms. The second kappa shape index (κ2) is 9.58. The normalized spacial score (nSPS) is 11.7. The third kappa shape index (κ3) is 4.31. The van der Waals surface area contributed by atoms with Crippen molar-refractivity contribution in [3.8, 4) is 17.4 Å². The van der Waals surface area contributed by atoms with Gasteiger partial charge in [-0.3, -0.25) is 0 Å². The van der Waals surface area contributed by atoms with Gasteiger partial charge in [0.05, 0.1) is 36.7 Å². The minimum atomic E-state index is 0.0450. The zero-order valence-electron chi connectivity index (χ0n) is 18.5. The molecule has 0 aliphatic rings. The summed E-state index contributed by atoms with van der Waals surface area (Å²) >= 11 is 0. The summed E-state index contributed by atoms with van der Waals surface area (Å²) in [6.45, 7) is 0.923. The number of fused-ring (bicyclic) bond motifs is 1. The van der Waals surface area contributed by atoms with Crippen molar-refractivity contribution in [2.45, 2.75) is 6.42 Å². The summed E-state index contributed by atoms with van der Waals surface area (Å²) in [4.78, 5) is 8.00. The Bertz CT molecular complexity index is 1230. The molecule has 0 unspecified atom stereocenters. The first-order chi connectivity index (χ1) is 15.6. The molecule has 0 atom stereocenters. The maximum Gasteiger partial charge on any atom is 0.199 e. The molecule has 6 nitrogen and oxygen atoms in total. The van der Waals surface area contributed by atoms with Crippen LogP contribution in [0.15, 0.2) is 71.7 Å². The average molecular weight is 430 g/mol. The molecular formula is C26H27N3O3. The predicted octanol–water partition coefficient (Wildman–Crippen LogP) is 4.82. The summed E-state index contributed by atoms with van der Waals surface area (Å²) in [5.41, 5.74) is 4.98. The molecule has 164 valence electrons. The summed E-state index contributed by atoms with van der Waals surface area (Å²) < 4.78 is 10.9. The second-order valence-corrected chi connectivity index (χ2v) is 7.45. The lowest BCUT2D eigenvalue weighted by atomic mass is 10.0. The number of nitrogens with one attached hydrogen (secondary N) is 2. The molecule has 0 saturated heterocycles. The number of nitrogens with zero attached hydrogens (tertiary/aromatic N) is 1. The van der Waals surface area contributed by atoms with Crippen molar-refractivity contribution in [3.63, 3.8) is 0 Å². The maximum atomic E-state index is 10.9. The number of rotatable bonds is 8. The Hall–Kier alpha value is -3.77. The first-order valence-corrected chi connectivity index (χ1v) is 10.5. The molecule has 3 aromatic carbocycles. The van der Waals surface area contributed by atoms with E-state index in [1.54, 1.807) is 14.2 Å². The first-order valence-electron chi connectivity index (χ1n) is 10.5. The number of hydrogen-bond donors (Lipinski definition) is 3. The first kappa shape index (κ1) is 21.5. The highest BCUT2D eigenvalue weighted by atomic mass is 16.5. The van der Waals surface area contributed by atoms with E-state index in [0.29, 0.717) is 22.8 Å². The number of aromatic hydroxyl groups is 1. The summed E-state index contributed by atoms with van der Waals surface area (Å²) in [7, 11) is 5.13. The van der Waals surface area contributed by atoms with Gasteiger partial charge in [0.25, 0.3) is 0 Å². The third-order valence-corrected chi connectivity index (χ3v) is 5.41. The minimum absolute atomic E-state index is 0.0450. The van der Waals surface area contributed by atoms with Crippen molar-refractivity contribution in [1.82, 2.24) is 10.3 Å². The topological polar surface area (TPSA) is 78.9 Å². The number of likely N-dealkylation sites (N-methyl/N-ethyl adjacent to an activating group) is 1. The highest BCUT2D eigenvalue weighted by Crippen LogP contribution is 2.38. The Morgan fingerprint density at radius 1 is 0.969 bits per heavy atom. The van der Waals surface area contributed by atoms with Gasteiger partial charge in [-0.15, -0.1) is 0 Å². The van der Waals surface area contributed by atoms with Gasteiger partial charge < -0.3 is 24.9 Å². The number of aromatic nitrogens is 1. The fraction of sp³-hybridized carbons (Fsp3) is 0.192. The lowest BCUT2D eigenvalue weighted by Crippen LogP contribution is -2.10. The monoisotopic (exact) mass is 429 g/mol. The second-order valence-electron chi connectivity index (χ2n) is 7.45. The molecule has 3 N–H and O–H groups in total. The highest BCUT2D eigenvalue weighted by molar-refractivity contribution is 6.22. The van der Waals surface area contributed by atoms with E-state index in [-0.39, 0.29) is 5.88 Å². The smallest absolute Gasteiger partial charge is 0.199 e. The van der Waals surface area contributed by atoms with Crippen LogP contribution in [0.2, 0.25) is 0 Å². The molecular weight excluding hydrogens is 402 g/mol. The number of hydrogen-bond acceptors (Lipinski definition) is 5.